The minimum Gasteiger partial charge on any atom is -0.497 e. The van der Waals surface area contributed by atoms with Crippen molar-refractivity contribution in [2.75, 3.05) is 13.7 Å². The molecule has 3 nitrogen and oxygen atoms in total. The highest BCUT2D eigenvalue weighted by Crippen LogP contribution is 2.14. The summed E-state index contributed by atoms with van der Waals surface area (Å²) in [6.45, 7) is 12.6. The zero-order chi connectivity index (χ0) is 19.5. The van der Waals surface area contributed by atoms with Crippen molar-refractivity contribution in [2.24, 2.45) is 5.92 Å². The summed E-state index contributed by atoms with van der Waals surface area (Å²) in [5.74, 6) is 1.48. The molecule has 0 fully saturated rings. The van der Waals surface area contributed by atoms with E-state index in [9.17, 15) is 4.79 Å². The van der Waals surface area contributed by atoms with Crippen molar-refractivity contribution >= 4 is 5.91 Å². The molecule has 140 valence electrons. The maximum absolute atomic E-state index is 12.4. The second-order valence-electron chi connectivity index (χ2n) is 6.78. The molecule has 1 aromatic carbocycles. The number of rotatable bonds is 9. The van der Waals surface area contributed by atoms with Crippen molar-refractivity contribution in [1.82, 2.24) is 5.32 Å². The normalized spacial score (nSPS) is 12.7. The molecule has 1 amide bonds. The molecule has 0 radical (unpaired) electrons. The van der Waals surface area contributed by atoms with Crippen molar-refractivity contribution in [2.45, 2.75) is 33.6 Å². The molecule has 1 aromatic rings. The summed E-state index contributed by atoms with van der Waals surface area (Å²) >= 11 is 0. The first-order valence-electron chi connectivity index (χ1n) is 9.01. The molecule has 0 saturated heterocycles. The standard InChI is InChI=1S/C23H31NO2/c1-7-22(26-6)15-19(10-8-9-17(2)3)16-24-23(25)21-13-11-20(12-14-21)18(4)5/h7-15,17-18H,1,16H2,2-6H3,(H,24,25)/b9-8+,19-10+,22-15+. The predicted molar refractivity (Wildman–Crippen MR) is 110 cm³/mol. The number of ether oxygens (including phenoxy) is 1. The molecule has 0 aliphatic heterocycles. The van der Waals surface area contributed by atoms with E-state index in [0.29, 0.717) is 29.7 Å². The Morgan fingerprint density at radius 2 is 1.85 bits per heavy atom. The fourth-order valence-electron chi connectivity index (χ4n) is 2.25. The first-order valence-corrected chi connectivity index (χ1v) is 9.01. The van der Waals surface area contributed by atoms with Crippen molar-refractivity contribution in [3.8, 4) is 0 Å². The Bertz CT molecular complexity index is 677. The first kappa shape index (κ1) is 21.5. The smallest absolute Gasteiger partial charge is 0.251 e. The Morgan fingerprint density at radius 1 is 1.19 bits per heavy atom. The number of hydrogen-bond donors (Lipinski definition) is 1. The van der Waals surface area contributed by atoms with Crippen LogP contribution < -0.4 is 5.32 Å². The largest absolute Gasteiger partial charge is 0.497 e. The van der Waals surface area contributed by atoms with Gasteiger partial charge < -0.3 is 10.1 Å². The van der Waals surface area contributed by atoms with Crippen LogP contribution in [0, 0.1) is 5.92 Å². The summed E-state index contributed by atoms with van der Waals surface area (Å²) in [5, 5.41) is 2.96. The maximum atomic E-state index is 12.4. The molecule has 0 aliphatic rings. The van der Waals surface area contributed by atoms with Crippen LogP contribution in [0.5, 0.6) is 0 Å². The Hall–Kier alpha value is -2.55. The molecule has 1 rings (SSSR count). The number of allylic oxidation sites excluding steroid dienone is 4. The molecule has 0 unspecified atom stereocenters. The topological polar surface area (TPSA) is 38.3 Å². The summed E-state index contributed by atoms with van der Waals surface area (Å²) in [6, 6.07) is 7.74. The molecule has 0 aliphatic carbocycles. The van der Waals surface area contributed by atoms with Gasteiger partial charge in [0.2, 0.25) is 0 Å². The number of hydrogen-bond acceptors (Lipinski definition) is 2. The molecule has 0 aromatic heterocycles. The third-order valence-electron chi connectivity index (χ3n) is 3.86. The van der Waals surface area contributed by atoms with Crippen LogP contribution in [0.25, 0.3) is 0 Å². The van der Waals surface area contributed by atoms with Gasteiger partial charge in [-0.3, -0.25) is 4.79 Å². The number of amides is 1. The summed E-state index contributed by atoms with van der Waals surface area (Å²) < 4.78 is 5.25. The number of methoxy groups -OCH3 is 1. The summed E-state index contributed by atoms with van der Waals surface area (Å²) in [4.78, 5) is 12.4. The van der Waals surface area contributed by atoms with Crippen LogP contribution in [0.3, 0.4) is 0 Å². The molecule has 26 heavy (non-hydrogen) atoms. The van der Waals surface area contributed by atoms with Gasteiger partial charge in [0.05, 0.1) is 7.11 Å². The highest BCUT2D eigenvalue weighted by molar-refractivity contribution is 5.94. The molecule has 0 bridgehead atoms. The molecule has 0 spiro atoms. The van der Waals surface area contributed by atoms with E-state index in [4.69, 9.17) is 4.74 Å². The van der Waals surface area contributed by atoms with E-state index in [-0.39, 0.29) is 5.91 Å². The molecular weight excluding hydrogens is 322 g/mol. The molecule has 0 atom stereocenters. The van der Waals surface area contributed by atoms with Gasteiger partial charge in [-0.1, -0.05) is 64.6 Å². The molecule has 1 N–H and O–H groups in total. The summed E-state index contributed by atoms with van der Waals surface area (Å²) in [6.07, 6.45) is 9.59. The van der Waals surface area contributed by atoms with Crippen LogP contribution in [0.15, 0.2) is 72.6 Å². The average Bonchev–Trinajstić information content (AvgIpc) is 2.62. The van der Waals surface area contributed by atoms with Crippen LogP contribution >= 0.6 is 0 Å². The van der Waals surface area contributed by atoms with Gasteiger partial charge in [0.25, 0.3) is 5.91 Å². The van der Waals surface area contributed by atoms with Crippen molar-refractivity contribution in [1.29, 1.82) is 0 Å². The van der Waals surface area contributed by atoms with Gasteiger partial charge in [0, 0.05) is 12.1 Å². The SMILES string of the molecule is C=C\C(=C/C(=C\C=C\C(C)C)CNC(=O)c1ccc(C(C)C)cc1)OC. The Labute approximate surface area is 158 Å². The molecule has 0 saturated carbocycles. The number of benzene rings is 1. The monoisotopic (exact) mass is 353 g/mol. The molecule has 0 heterocycles. The highest BCUT2D eigenvalue weighted by Gasteiger charge is 2.07. The van der Waals surface area contributed by atoms with Crippen LogP contribution in [-0.4, -0.2) is 19.6 Å². The lowest BCUT2D eigenvalue weighted by Crippen LogP contribution is -2.25. The van der Waals surface area contributed by atoms with Gasteiger partial charge in [-0.25, -0.2) is 0 Å². The number of carbonyl (C=O) groups is 1. The van der Waals surface area contributed by atoms with Gasteiger partial charge in [0.1, 0.15) is 5.76 Å². The second kappa shape index (κ2) is 11.1. The summed E-state index contributed by atoms with van der Waals surface area (Å²) in [7, 11) is 1.60. The zero-order valence-corrected chi connectivity index (χ0v) is 16.6. The van der Waals surface area contributed by atoms with Gasteiger partial charge in [-0.2, -0.15) is 0 Å². The minimum atomic E-state index is -0.0926. The van der Waals surface area contributed by atoms with Crippen LogP contribution in [0.4, 0.5) is 0 Å². The van der Waals surface area contributed by atoms with Gasteiger partial charge in [-0.05, 0) is 47.3 Å². The van der Waals surface area contributed by atoms with Crippen molar-refractivity contribution < 1.29 is 9.53 Å². The van der Waals surface area contributed by atoms with Gasteiger partial charge in [0.15, 0.2) is 0 Å². The Morgan fingerprint density at radius 3 is 2.35 bits per heavy atom. The number of nitrogens with one attached hydrogen (secondary N) is 1. The molecular formula is C23H31NO2. The fourth-order valence-corrected chi connectivity index (χ4v) is 2.25. The van der Waals surface area contributed by atoms with Gasteiger partial charge >= 0.3 is 0 Å². The van der Waals surface area contributed by atoms with E-state index in [1.54, 1.807) is 13.2 Å². The highest BCUT2D eigenvalue weighted by atomic mass is 16.5. The average molecular weight is 354 g/mol. The lowest BCUT2D eigenvalue weighted by atomic mass is 10.0. The Kier molecular flexibility index (Phi) is 9.21. The number of carbonyl (C=O) groups excluding carboxylic acids is 1. The minimum absolute atomic E-state index is 0.0926. The van der Waals surface area contributed by atoms with E-state index in [0.717, 1.165) is 5.57 Å². The predicted octanol–water partition coefficient (Wildman–Crippen LogP) is 5.39. The van der Waals surface area contributed by atoms with E-state index in [2.05, 4.69) is 45.7 Å². The van der Waals surface area contributed by atoms with E-state index >= 15 is 0 Å². The van der Waals surface area contributed by atoms with Crippen molar-refractivity contribution in [3.05, 3.63) is 83.7 Å². The maximum Gasteiger partial charge on any atom is 0.251 e. The fraction of sp³-hybridized carbons (Fsp3) is 0.348. The quantitative estimate of drug-likeness (QED) is 0.477. The molecule has 3 heteroatoms. The third kappa shape index (κ3) is 7.56. The van der Waals surface area contributed by atoms with Crippen LogP contribution in [0.1, 0.15) is 49.5 Å². The van der Waals surface area contributed by atoms with E-state index < -0.39 is 0 Å². The van der Waals surface area contributed by atoms with Crippen molar-refractivity contribution in [3.63, 3.8) is 0 Å². The lowest BCUT2D eigenvalue weighted by molar-refractivity contribution is 0.0957. The second-order valence-corrected chi connectivity index (χ2v) is 6.78. The van der Waals surface area contributed by atoms with E-state index in [1.165, 1.54) is 5.56 Å². The van der Waals surface area contributed by atoms with Crippen LogP contribution in [0.2, 0.25) is 0 Å². The summed E-state index contributed by atoms with van der Waals surface area (Å²) in [5.41, 5.74) is 2.82. The first-order chi connectivity index (χ1) is 12.4. The lowest BCUT2D eigenvalue weighted by Gasteiger charge is -2.09. The van der Waals surface area contributed by atoms with E-state index in [1.807, 2.05) is 42.5 Å². The Balaban J connectivity index is 2.85. The van der Waals surface area contributed by atoms with Gasteiger partial charge in [-0.15, -0.1) is 0 Å². The third-order valence-corrected chi connectivity index (χ3v) is 3.86. The van der Waals surface area contributed by atoms with Crippen LogP contribution in [-0.2, 0) is 4.74 Å². The zero-order valence-electron chi connectivity index (χ0n) is 16.6.